The molecule has 26 heavy (non-hydrogen) atoms. The Bertz CT molecular complexity index is 998. The third-order valence-corrected chi connectivity index (χ3v) is 8.32. The molecule has 0 aliphatic carbocycles. The smallest absolute Gasteiger partial charge is 0.207 e. The predicted octanol–water partition coefficient (Wildman–Crippen LogP) is 2.34. The van der Waals surface area contributed by atoms with Gasteiger partial charge in [-0.05, 0) is 45.0 Å². The van der Waals surface area contributed by atoms with E-state index in [1.807, 2.05) is 13.8 Å². The van der Waals surface area contributed by atoms with Gasteiger partial charge in [-0.15, -0.1) is 0 Å². The second-order valence-electron chi connectivity index (χ2n) is 6.65. The lowest BCUT2D eigenvalue weighted by Crippen LogP contribution is -2.36. The number of aryl methyl sites for hydroxylation is 2. The van der Waals surface area contributed by atoms with E-state index in [9.17, 15) is 16.8 Å². The normalized spacial score (nSPS) is 19.7. The van der Waals surface area contributed by atoms with Crippen LogP contribution in [0.1, 0.15) is 18.1 Å². The highest BCUT2D eigenvalue weighted by Crippen LogP contribution is 2.28. The van der Waals surface area contributed by atoms with Crippen molar-refractivity contribution in [2.75, 3.05) is 13.2 Å². The zero-order valence-electron chi connectivity index (χ0n) is 15.0. The molecule has 1 fully saturated rings. The standard InChI is InChI=1S/C18H22N2O4S2/c1-14-4-8-17(9-5-14)25(21,22)19-12-16(3)20(13-19)26(23,24)18-10-6-15(2)7-11-18/h4-11,16H,12-13H2,1-3H3. The van der Waals surface area contributed by atoms with E-state index in [2.05, 4.69) is 0 Å². The molecule has 0 amide bonds. The van der Waals surface area contributed by atoms with Gasteiger partial charge in [0.2, 0.25) is 20.0 Å². The van der Waals surface area contributed by atoms with Crippen molar-refractivity contribution in [3.05, 3.63) is 59.7 Å². The summed E-state index contributed by atoms with van der Waals surface area (Å²) in [5.41, 5.74) is 1.92. The molecule has 1 aliphatic rings. The first kappa shape index (κ1) is 19.0. The van der Waals surface area contributed by atoms with Gasteiger partial charge < -0.3 is 0 Å². The van der Waals surface area contributed by atoms with Crippen molar-refractivity contribution >= 4 is 20.0 Å². The van der Waals surface area contributed by atoms with Crippen LogP contribution in [0.5, 0.6) is 0 Å². The fraction of sp³-hybridized carbons (Fsp3) is 0.333. The average molecular weight is 395 g/mol. The Kier molecular flexibility index (Phi) is 4.96. The summed E-state index contributed by atoms with van der Waals surface area (Å²) in [5, 5.41) is 0. The van der Waals surface area contributed by atoms with Crippen LogP contribution < -0.4 is 0 Å². The van der Waals surface area contributed by atoms with E-state index in [1.165, 1.54) is 8.61 Å². The minimum absolute atomic E-state index is 0.126. The lowest BCUT2D eigenvalue weighted by molar-refractivity contribution is 0.390. The minimum atomic E-state index is -3.76. The summed E-state index contributed by atoms with van der Waals surface area (Å²) >= 11 is 0. The first-order valence-electron chi connectivity index (χ1n) is 8.28. The second kappa shape index (κ2) is 6.77. The second-order valence-corrected chi connectivity index (χ2v) is 10.5. The summed E-state index contributed by atoms with van der Waals surface area (Å²) < 4.78 is 54.0. The quantitative estimate of drug-likeness (QED) is 0.798. The van der Waals surface area contributed by atoms with Crippen LogP contribution in [0.4, 0.5) is 0 Å². The van der Waals surface area contributed by atoms with Gasteiger partial charge in [-0.2, -0.15) is 8.61 Å². The van der Waals surface area contributed by atoms with Gasteiger partial charge in [0.05, 0.1) is 16.5 Å². The lowest BCUT2D eigenvalue weighted by Gasteiger charge is -2.20. The van der Waals surface area contributed by atoms with E-state index in [4.69, 9.17) is 0 Å². The summed E-state index contributed by atoms with van der Waals surface area (Å²) in [6, 6.07) is 12.7. The molecule has 0 aromatic heterocycles. The highest BCUT2D eigenvalue weighted by molar-refractivity contribution is 7.90. The van der Waals surface area contributed by atoms with Crippen LogP contribution >= 0.6 is 0 Å². The third kappa shape index (κ3) is 3.42. The zero-order valence-corrected chi connectivity index (χ0v) is 16.6. The van der Waals surface area contributed by atoms with E-state index in [0.29, 0.717) is 0 Å². The van der Waals surface area contributed by atoms with E-state index < -0.39 is 26.1 Å². The molecule has 1 atom stereocenters. The predicted molar refractivity (Wildman–Crippen MR) is 99.6 cm³/mol. The number of sulfonamides is 2. The van der Waals surface area contributed by atoms with Crippen molar-refractivity contribution in [2.45, 2.75) is 36.6 Å². The molecule has 0 N–H and O–H groups in total. The van der Waals surface area contributed by atoms with E-state index >= 15 is 0 Å². The molecule has 0 radical (unpaired) electrons. The molecule has 3 rings (SSSR count). The zero-order chi connectivity index (χ0) is 19.1. The Morgan fingerprint density at radius 2 is 1.19 bits per heavy atom. The molecule has 1 heterocycles. The first-order valence-corrected chi connectivity index (χ1v) is 11.2. The Hall–Kier alpha value is -1.74. The summed E-state index contributed by atoms with van der Waals surface area (Å²) in [4.78, 5) is 0.342. The fourth-order valence-electron chi connectivity index (χ4n) is 2.93. The SMILES string of the molecule is Cc1ccc(S(=O)(=O)N2CC(C)N(S(=O)(=O)c3ccc(C)cc3)C2)cc1. The van der Waals surface area contributed by atoms with E-state index in [1.54, 1.807) is 55.5 Å². The topological polar surface area (TPSA) is 74.8 Å². The third-order valence-electron chi connectivity index (χ3n) is 4.54. The molecule has 8 heteroatoms. The van der Waals surface area contributed by atoms with Gasteiger partial charge in [-0.25, -0.2) is 16.8 Å². The van der Waals surface area contributed by atoms with Crippen LogP contribution in [-0.2, 0) is 20.0 Å². The molecule has 6 nitrogen and oxygen atoms in total. The highest BCUT2D eigenvalue weighted by Gasteiger charge is 2.41. The van der Waals surface area contributed by atoms with E-state index in [-0.39, 0.29) is 23.0 Å². The van der Waals surface area contributed by atoms with Gasteiger partial charge >= 0.3 is 0 Å². The van der Waals surface area contributed by atoms with Gasteiger partial charge in [0, 0.05) is 12.6 Å². The number of hydrogen-bond donors (Lipinski definition) is 0. The number of rotatable bonds is 4. The largest absolute Gasteiger partial charge is 0.244 e. The molecule has 2 aromatic rings. The molecule has 2 aromatic carbocycles. The van der Waals surface area contributed by atoms with Crippen molar-refractivity contribution in [1.82, 2.24) is 8.61 Å². The highest BCUT2D eigenvalue weighted by atomic mass is 32.2. The molecule has 0 bridgehead atoms. The van der Waals surface area contributed by atoms with Gasteiger partial charge in [-0.3, -0.25) is 0 Å². The fourth-order valence-corrected chi connectivity index (χ4v) is 6.05. The Morgan fingerprint density at radius 1 is 0.769 bits per heavy atom. The van der Waals surface area contributed by atoms with Gasteiger partial charge in [0.15, 0.2) is 0 Å². The number of hydrogen-bond acceptors (Lipinski definition) is 4. The van der Waals surface area contributed by atoms with Gasteiger partial charge in [-0.1, -0.05) is 35.4 Å². The maximum atomic E-state index is 12.9. The molecule has 1 unspecified atom stereocenters. The van der Waals surface area contributed by atoms with Gasteiger partial charge in [0.25, 0.3) is 0 Å². The van der Waals surface area contributed by atoms with Gasteiger partial charge in [0.1, 0.15) is 0 Å². The summed E-state index contributed by atoms with van der Waals surface area (Å²) in [7, 11) is -7.50. The maximum Gasteiger partial charge on any atom is 0.244 e. The molecule has 0 spiro atoms. The molecular weight excluding hydrogens is 372 g/mol. The van der Waals surface area contributed by atoms with Crippen LogP contribution in [0.25, 0.3) is 0 Å². The minimum Gasteiger partial charge on any atom is -0.207 e. The average Bonchev–Trinajstić information content (AvgIpc) is 2.99. The molecule has 140 valence electrons. The van der Waals surface area contributed by atoms with Crippen LogP contribution in [0.15, 0.2) is 58.3 Å². The summed E-state index contributed by atoms with van der Waals surface area (Å²) in [6.45, 7) is 5.42. The van der Waals surface area contributed by atoms with Crippen LogP contribution in [0.3, 0.4) is 0 Å². The summed E-state index contributed by atoms with van der Waals surface area (Å²) in [5.74, 6) is 0. The van der Waals surface area contributed by atoms with Crippen molar-refractivity contribution in [2.24, 2.45) is 0 Å². The van der Waals surface area contributed by atoms with E-state index in [0.717, 1.165) is 11.1 Å². The Morgan fingerprint density at radius 3 is 1.65 bits per heavy atom. The van der Waals surface area contributed by atoms with Crippen molar-refractivity contribution in [1.29, 1.82) is 0 Å². The molecule has 1 aliphatic heterocycles. The lowest BCUT2D eigenvalue weighted by atomic mass is 10.2. The molecular formula is C18H22N2O4S2. The number of nitrogens with zero attached hydrogens (tertiary/aromatic N) is 2. The Balaban J connectivity index is 1.89. The molecule has 1 saturated heterocycles. The molecule has 0 saturated carbocycles. The van der Waals surface area contributed by atoms with Crippen molar-refractivity contribution in [3.63, 3.8) is 0 Å². The van der Waals surface area contributed by atoms with Crippen molar-refractivity contribution in [3.8, 4) is 0 Å². The first-order chi connectivity index (χ1) is 12.1. The van der Waals surface area contributed by atoms with Crippen LogP contribution in [0, 0.1) is 13.8 Å². The summed E-state index contributed by atoms with van der Waals surface area (Å²) in [6.07, 6.45) is 0. The Labute approximate surface area is 155 Å². The van der Waals surface area contributed by atoms with Crippen molar-refractivity contribution < 1.29 is 16.8 Å². The number of benzene rings is 2. The van der Waals surface area contributed by atoms with Crippen LogP contribution in [-0.4, -0.2) is 44.7 Å². The van der Waals surface area contributed by atoms with Crippen LogP contribution in [0.2, 0.25) is 0 Å². The maximum absolute atomic E-state index is 12.9. The monoisotopic (exact) mass is 394 g/mol.